The maximum Gasteiger partial charge on any atom is 0.330 e. The van der Waals surface area contributed by atoms with Crippen LogP contribution in [0.15, 0.2) is 42.5 Å². The molecule has 1 aromatic rings. The Bertz CT molecular complexity index is 682. The summed E-state index contributed by atoms with van der Waals surface area (Å²) in [6.45, 7) is 14.0. The molecule has 6 nitrogen and oxygen atoms in total. The Morgan fingerprint density at radius 2 is 1.71 bits per heavy atom. The molecular weight excluding hydrogens is 432 g/mol. The highest BCUT2D eigenvalue weighted by Gasteiger charge is 2.25. The first kappa shape index (κ1) is 30.3. The highest BCUT2D eigenvalue weighted by molar-refractivity contribution is 5.82. The van der Waals surface area contributed by atoms with Crippen LogP contribution in [0.3, 0.4) is 0 Å². The van der Waals surface area contributed by atoms with Crippen LogP contribution in [0.1, 0.15) is 66.4 Å². The molecule has 0 aliphatic heterocycles. The lowest BCUT2D eigenvalue weighted by Gasteiger charge is -2.31. The summed E-state index contributed by atoms with van der Waals surface area (Å²) in [5, 5.41) is 0. The molecule has 0 aliphatic rings. The van der Waals surface area contributed by atoms with Gasteiger partial charge >= 0.3 is 5.97 Å². The zero-order valence-electron chi connectivity index (χ0n) is 22.3. The van der Waals surface area contributed by atoms with E-state index in [1.165, 1.54) is 6.08 Å². The lowest BCUT2D eigenvalue weighted by molar-refractivity contribution is -0.148. The molecule has 0 saturated carbocycles. The molecule has 0 aliphatic carbocycles. The number of hydrogen-bond donors (Lipinski definition) is 0. The van der Waals surface area contributed by atoms with Crippen molar-refractivity contribution in [2.75, 3.05) is 27.3 Å². The maximum atomic E-state index is 12.0. The van der Waals surface area contributed by atoms with Crippen molar-refractivity contribution in [1.82, 2.24) is 0 Å². The summed E-state index contributed by atoms with van der Waals surface area (Å²) in [6.07, 6.45) is 6.11. The summed E-state index contributed by atoms with van der Waals surface area (Å²) in [6, 6.07) is 10.1. The Labute approximate surface area is 206 Å². The number of ether oxygens (including phenoxy) is 5. The molecule has 1 aromatic carbocycles. The van der Waals surface area contributed by atoms with Gasteiger partial charge in [-0.1, -0.05) is 57.2 Å². The molecule has 0 N–H and O–H groups in total. The average Bonchev–Trinajstić information content (AvgIpc) is 2.76. The van der Waals surface area contributed by atoms with Gasteiger partial charge in [0.15, 0.2) is 0 Å². The standard InChI is InChI=1S/C28H46O6/c1-22(16-17-31-20-30-7)18-24(3)27(33-21-32-19-25-13-9-8-10-14-25)23(2)12-11-15-26(29)34-28(4,5)6/h8-11,13-15,22-24,27H,12,16-21H2,1-7H3/b15-11+/t22-,23-,24+,27-/m1/s1. The monoisotopic (exact) mass is 478 g/mol. The Morgan fingerprint density at radius 3 is 2.35 bits per heavy atom. The van der Waals surface area contributed by atoms with E-state index < -0.39 is 5.60 Å². The minimum Gasteiger partial charge on any atom is -0.457 e. The Morgan fingerprint density at radius 1 is 1.00 bits per heavy atom. The molecule has 0 spiro atoms. The molecule has 0 saturated heterocycles. The molecular formula is C28H46O6. The second-order valence-corrected chi connectivity index (χ2v) is 10.2. The summed E-state index contributed by atoms with van der Waals surface area (Å²) < 4.78 is 27.8. The van der Waals surface area contributed by atoms with E-state index in [0.29, 0.717) is 31.8 Å². The van der Waals surface area contributed by atoms with E-state index in [1.54, 1.807) is 7.11 Å². The predicted molar refractivity (Wildman–Crippen MR) is 135 cm³/mol. The van der Waals surface area contributed by atoms with E-state index in [2.05, 4.69) is 20.8 Å². The molecule has 6 heteroatoms. The number of esters is 1. The fourth-order valence-corrected chi connectivity index (χ4v) is 3.91. The van der Waals surface area contributed by atoms with Gasteiger partial charge in [0, 0.05) is 19.8 Å². The molecule has 194 valence electrons. The molecule has 0 radical (unpaired) electrons. The lowest BCUT2D eigenvalue weighted by atomic mass is 9.84. The number of rotatable bonds is 17. The summed E-state index contributed by atoms with van der Waals surface area (Å²) in [4.78, 5) is 12.0. The SMILES string of the molecule is COCOCC[C@@H](C)C[C@H](C)[C@H](OCOCc1ccccc1)[C@H](C)C/C=C/C(=O)OC(C)(C)C. The highest BCUT2D eigenvalue weighted by Crippen LogP contribution is 2.27. The van der Waals surface area contributed by atoms with Crippen molar-refractivity contribution in [3.63, 3.8) is 0 Å². The number of carbonyl (C=O) groups excluding carboxylic acids is 1. The third-order valence-electron chi connectivity index (χ3n) is 5.48. The van der Waals surface area contributed by atoms with Crippen molar-refractivity contribution in [3.05, 3.63) is 48.0 Å². The van der Waals surface area contributed by atoms with Gasteiger partial charge in [-0.25, -0.2) is 4.79 Å². The summed E-state index contributed by atoms with van der Waals surface area (Å²) in [5.74, 6) is 0.711. The zero-order chi connectivity index (χ0) is 25.4. The van der Waals surface area contributed by atoms with Crippen molar-refractivity contribution in [1.29, 1.82) is 0 Å². The fourth-order valence-electron chi connectivity index (χ4n) is 3.91. The molecule has 0 fully saturated rings. The van der Waals surface area contributed by atoms with Crippen LogP contribution in [0.4, 0.5) is 0 Å². The van der Waals surface area contributed by atoms with Gasteiger partial charge in [0.25, 0.3) is 0 Å². The normalized spacial score (nSPS) is 15.7. The second-order valence-electron chi connectivity index (χ2n) is 10.2. The average molecular weight is 479 g/mol. The molecule has 0 bridgehead atoms. The number of carbonyl (C=O) groups is 1. The molecule has 0 amide bonds. The van der Waals surface area contributed by atoms with Gasteiger partial charge in [0.2, 0.25) is 0 Å². The number of methoxy groups -OCH3 is 1. The van der Waals surface area contributed by atoms with Crippen LogP contribution in [0.2, 0.25) is 0 Å². The molecule has 34 heavy (non-hydrogen) atoms. The third-order valence-corrected chi connectivity index (χ3v) is 5.48. The Hall–Kier alpha value is -1.73. The van der Waals surface area contributed by atoms with Gasteiger partial charge in [0.05, 0.1) is 12.7 Å². The number of allylic oxidation sites excluding steroid dienone is 1. The Kier molecular flexibility index (Phi) is 15.0. The zero-order valence-corrected chi connectivity index (χ0v) is 22.3. The molecule has 4 atom stereocenters. The summed E-state index contributed by atoms with van der Waals surface area (Å²) in [7, 11) is 1.63. The van der Waals surface area contributed by atoms with E-state index in [-0.39, 0.29) is 24.8 Å². The van der Waals surface area contributed by atoms with Crippen LogP contribution in [-0.2, 0) is 35.1 Å². The van der Waals surface area contributed by atoms with Crippen molar-refractivity contribution < 1.29 is 28.5 Å². The van der Waals surface area contributed by atoms with Gasteiger partial charge in [-0.15, -0.1) is 0 Å². The van der Waals surface area contributed by atoms with Crippen molar-refractivity contribution in [3.8, 4) is 0 Å². The Balaban J connectivity index is 2.63. The van der Waals surface area contributed by atoms with E-state index in [1.807, 2.05) is 57.2 Å². The first-order valence-electron chi connectivity index (χ1n) is 12.3. The van der Waals surface area contributed by atoms with Crippen LogP contribution in [0.5, 0.6) is 0 Å². The smallest absolute Gasteiger partial charge is 0.330 e. The topological polar surface area (TPSA) is 63.2 Å². The third kappa shape index (κ3) is 14.5. The van der Waals surface area contributed by atoms with E-state index in [0.717, 1.165) is 24.8 Å². The molecule has 0 aromatic heterocycles. The summed E-state index contributed by atoms with van der Waals surface area (Å²) >= 11 is 0. The van der Waals surface area contributed by atoms with Gasteiger partial charge in [0.1, 0.15) is 19.2 Å². The maximum absolute atomic E-state index is 12.0. The van der Waals surface area contributed by atoms with Crippen molar-refractivity contribution in [2.24, 2.45) is 17.8 Å². The first-order valence-corrected chi connectivity index (χ1v) is 12.3. The van der Waals surface area contributed by atoms with Gasteiger partial charge in [-0.05, 0) is 63.4 Å². The van der Waals surface area contributed by atoms with Crippen LogP contribution >= 0.6 is 0 Å². The first-order chi connectivity index (χ1) is 16.1. The van der Waals surface area contributed by atoms with Gasteiger partial charge < -0.3 is 23.7 Å². The highest BCUT2D eigenvalue weighted by atomic mass is 16.7. The number of hydrogen-bond acceptors (Lipinski definition) is 6. The van der Waals surface area contributed by atoms with Gasteiger partial charge in [-0.3, -0.25) is 0 Å². The minimum atomic E-state index is -0.494. The lowest BCUT2D eigenvalue weighted by Crippen LogP contribution is -2.31. The van der Waals surface area contributed by atoms with Crippen LogP contribution in [0, 0.1) is 17.8 Å². The summed E-state index contributed by atoms with van der Waals surface area (Å²) in [5.41, 5.74) is 0.626. The van der Waals surface area contributed by atoms with E-state index in [9.17, 15) is 4.79 Å². The fraction of sp³-hybridized carbons (Fsp3) is 0.679. The van der Waals surface area contributed by atoms with Crippen molar-refractivity contribution >= 4 is 5.97 Å². The van der Waals surface area contributed by atoms with Crippen molar-refractivity contribution in [2.45, 2.75) is 79.1 Å². The second kappa shape index (κ2) is 16.8. The van der Waals surface area contributed by atoms with Crippen LogP contribution in [0.25, 0.3) is 0 Å². The number of benzene rings is 1. The van der Waals surface area contributed by atoms with Crippen LogP contribution in [-0.4, -0.2) is 45.0 Å². The van der Waals surface area contributed by atoms with E-state index >= 15 is 0 Å². The van der Waals surface area contributed by atoms with Crippen LogP contribution < -0.4 is 0 Å². The quantitative estimate of drug-likeness (QED) is 0.116. The predicted octanol–water partition coefficient (Wildman–Crippen LogP) is 6.14. The van der Waals surface area contributed by atoms with Gasteiger partial charge in [-0.2, -0.15) is 0 Å². The van der Waals surface area contributed by atoms with E-state index in [4.69, 9.17) is 23.7 Å². The molecule has 1 rings (SSSR count). The molecule has 0 heterocycles. The minimum absolute atomic E-state index is 0.00130. The largest absolute Gasteiger partial charge is 0.457 e. The molecule has 0 unspecified atom stereocenters.